The Labute approximate surface area is 72.0 Å². The maximum absolute atomic E-state index is 10.9. The van der Waals surface area contributed by atoms with Gasteiger partial charge in [0.1, 0.15) is 6.04 Å². The van der Waals surface area contributed by atoms with Gasteiger partial charge in [-0.05, 0) is 19.9 Å². The van der Waals surface area contributed by atoms with Gasteiger partial charge in [-0.2, -0.15) is 0 Å². The van der Waals surface area contributed by atoms with Gasteiger partial charge in [0.2, 0.25) is 11.8 Å². The number of nitrogens with one attached hydrogen (secondary N) is 2. The highest BCUT2D eigenvalue weighted by atomic mass is 16.2. The van der Waals surface area contributed by atoms with Crippen molar-refractivity contribution in [2.24, 2.45) is 0 Å². The minimum Gasteiger partial charge on any atom is -0.357 e. The molecule has 0 radical (unpaired) electrons. The number of rotatable bonds is 3. The molecule has 4 heteroatoms. The molecule has 0 saturated heterocycles. The molecule has 12 heavy (non-hydrogen) atoms. The number of carbonyl (C=O) groups excluding carboxylic acids is 2. The van der Waals surface area contributed by atoms with Crippen molar-refractivity contribution in [1.82, 2.24) is 10.6 Å². The molecule has 0 fully saturated rings. The monoisotopic (exact) mass is 170 g/mol. The van der Waals surface area contributed by atoms with Crippen LogP contribution >= 0.6 is 0 Å². The first kappa shape index (κ1) is 10.7. The lowest BCUT2D eigenvalue weighted by Gasteiger charge is -2.09. The highest BCUT2D eigenvalue weighted by molar-refractivity contribution is 5.92. The van der Waals surface area contributed by atoms with Crippen LogP contribution in [0.25, 0.3) is 0 Å². The van der Waals surface area contributed by atoms with Crippen LogP contribution in [0, 0.1) is 0 Å². The maximum atomic E-state index is 10.9. The molecule has 2 N–H and O–H groups in total. The van der Waals surface area contributed by atoms with Crippen molar-refractivity contribution in [3.05, 3.63) is 12.2 Å². The van der Waals surface area contributed by atoms with E-state index >= 15 is 0 Å². The molecule has 0 aliphatic rings. The van der Waals surface area contributed by atoms with Crippen LogP contribution in [0.3, 0.4) is 0 Å². The van der Waals surface area contributed by atoms with Crippen LogP contribution in [0.5, 0.6) is 0 Å². The Hall–Kier alpha value is -1.32. The van der Waals surface area contributed by atoms with E-state index in [4.69, 9.17) is 0 Å². The molecule has 0 bridgehead atoms. The Morgan fingerprint density at radius 3 is 2.42 bits per heavy atom. The van der Waals surface area contributed by atoms with Crippen LogP contribution in [0.15, 0.2) is 12.2 Å². The Morgan fingerprint density at radius 2 is 2.00 bits per heavy atom. The lowest BCUT2D eigenvalue weighted by atomic mass is 10.3. The third-order valence-corrected chi connectivity index (χ3v) is 1.32. The van der Waals surface area contributed by atoms with Crippen molar-refractivity contribution in [3.8, 4) is 0 Å². The Morgan fingerprint density at radius 1 is 1.42 bits per heavy atom. The molecule has 0 rings (SSSR count). The number of hydrogen-bond acceptors (Lipinski definition) is 2. The summed E-state index contributed by atoms with van der Waals surface area (Å²) in [5, 5.41) is 4.93. The summed E-state index contributed by atoms with van der Waals surface area (Å²) in [6, 6.07) is -0.487. The number of hydrogen-bond donors (Lipinski definition) is 2. The van der Waals surface area contributed by atoms with Crippen LogP contribution in [0.2, 0.25) is 0 Å². The number of allylic oxidation sites excluding steroid dienone is 1. The first-order valence-electron chi connectivity index (χ1n) is 3.76. The number of amides is 2. The summed E-state index contributed by atoms with van der Waals surface area (Å²) in [4.78, 5) is 21.8. The fraction of sp³-hybridized carbons (Fsp3) is 0.500. The van der Waals surface area contributed by atoms with Gasteiger partial charge in [-0.3, -0.25) is 9.59 Å². The zero-order valence-corrected chi connectivity index (χ0v) is 7.55. The summed E-state index contributed by atoms with van der Waals surface area (Å²) < 4.78 is 0. The lowest BCUT2D eigenvalue weighted by molar-refractivity contribution is -0.126. The molecule has 0 aliphatic heterocycles. The Bertz CT molecular complexity index is 199. The molecular weight excluding hydrogens is 156 g/mol. The van der Waals surface area contributed by atoms with E-state index in [1.807, 2.05) is 0 Å². The summed E-state index contributed by atoms with van der Waals surface area (Å²) in [5.74, 6) is -0.457. The standard InChI is InChI=1S/C8H14N2O2/c1-4-5-7(11)10-6(2)8(12)9-3/h4-6H,1-3H3,(H,9,12)(H,10,11). The van der Waals surface area contributed by atoms with Crippen LogP contribution in [0.1, 0.15) is 13.8 Å². The molecule has 68 valence electrons. The van der Waals surface area contributed by atoms with Gasteiger partial charge in [-0.25, -0.2) is 0 Å². The summed E-state index contributed by atoms with van der Waals surface area (Å²) in [7, 11) is 1.53. The van der Waals surface area contributed by atoms with E-state index in [0.717, 1.165) is 0 Å². The van der Waals surface area contributed by atoms with Crippen molar-refractivity contribution in [2.75, 3.05) is 7.05 Å². The second-order valence-corrected chi connectivity index (χ2v) is 2.34. The van der Waals surface area contributed by atoms with Crippen LogP contribution in [0.4, 0.5) is 0 Å². The van der Waals surface area contributed by atoms with Gasteiger partial charge in [-0.15, -0.1) is 0 Å². The van der Waals surface area contributed by atoms with Gasteiger partial charge in [-0.1, -0.05) is 6.08 Å². The molecule has 0 saturated carbocycles. The van der Waals surface area contributed by atoms with E-state index in [2.05, 4.69) is 10.6 Å². The van der Waals surface area contributed by atoms with Crippen molar-refractivity contribution >= 4 is 11.8 Å². The minimum atomic E-state index is -0.487. The second kappa shape index (κ2) is 5.35. The smallest absolute Gasteiger partial charge is 0.244 e. The molecule has 0 spiro atoms. The average Bonchev–Trinajstić information content (AvgIpc) is 2.03. The predicted octanol–water partition coefficient (Wildman–Crippen LogP) is -0.187. The second-order valence-electron chi connectivity index (χ2n) is 2.34. The summed E-state index contributed by atoms with van der Waals surface area (Å²) in [5.41, 5.74) is 0. The van der Waals surface area contributed by atoms with E-state index in [0.29, 0.717) is 0 Å². The van der Waals surface area contributed by atoms with E-state index < -0.39 is 6.04 Å². The molecule has 0 aromatic carbocycles. The fourth-order valence-electron chi connectivity index (χ4n) is 0.695. The number of carbonyl (C=O) groups is 2. The van der Waals surface area contributed by atoms with Gasteiger partial charge >= 0.3 is 0 Å². The first-order valence-corrected chi connectivity index (χ1v) is 3.76. The van der Waals surface area contributed by atoms with Crippen LogP contribution in [-0.4, -0.2) is 24.9 Å². The Balaban J connectivity index is 3.92. The van der Waals surface area contributed by atoms with E-state index in [1.54, 1.807) is 19.9 Å². The largest absolute Gasteiger partial charge is 0.357 e. The Kier molecular flexibility index (Phi) is 4.76. The molecule has 1 atom stereocenters. The zero-order valence-electron chi connectivity index (χ0n) is 7.55. The normalized spacial score (nSPS) is 12.6. The summed E-state index contributed by atoms with van der Waals surface area (Å²) >= 11 is 0. The topological polar surface area (TPSA) is 58.2 Å². The quantitative estimate of drug-likeness (QED) is 0.577. The first-order chi connectivity index (χ1) is 5.61. The molecule has 0 aromatic rings. The number of likely N-dealkylation sites (N-methyl/N-ethyl adjacent to an activating group) is 1. The van der Waals surface area contributed by atoms with E-state index in [1.165, 1.54) is 13.1 Å². The SMILES string of the molecule is CC=CC(=O)NC(C)C(=O)NC. The van der Waals surface area contributed by atoms with Gasteiger partial charge in [0.05, 0.1) is 0 Å². The van der Waals surface area contributed by atoms with Crippen LogP contribution in [-0.2, 0) is 9.59 Å². The predicted molar refractivity (Wildman–Crippen MR) is 46.5 cm³/mol. The minimum absolute atomic E-state index is 0.201. The molecule has 0 aromatic heterocycles. The van der Waals surface area contributed by atoms with Crippen LogP contribution < -0.4 is 10.6 Å². The summed E-state index contributed by atoms with van der Waals surface area (Å²) in [6.07, 6.45) is 2.99. The zero-order chi connectivity index (χ0) is 9.56. The van der Waals surface area contributed by atoms with Gasteiger partial charge in [0, 0.05) is 7.05 Å². The van der Waals surface area contributed by atoms with E-state index in [9.17, 15) is 9.59 Å². The fourth-order valence-corrected chi connectivity index (χ4v) is 0.695. The molecule has 0 heterocycles. The molecule has 0 aliphatic carbocycles. The molecule has 1 unspecified atom stereocenters. The third-order valence-electron chi connectivity index (χ3n) is 1.32. The van der Waals surface area contributed by atoms with E-state index in [-0.39, 0.29) is 11.8 Å². The molecular formula is C8H14N2O2. The molecule has 2 amide bonds. The van der Waals surface area contributed by atoms with Crippen molar-refractivity contribution < 1.29 is 9.59 Å². The van der Waals surface area contributed by atoms with Gasteiger partial charge in [0.25, 0.3) is 0 Å². The third kappa shape index (κ3) is 3.75. The average molecular weight is 170 g/mol. The van der Waals surface area contributed by atoms with Gasteiger partial charge < -0.3 is 10.6 Å². The lowest BCUT2D eigenvalue weighted by Crippen LogP contribution is -2.42. The van der Waals surface area contributed by atoms with Crippen molar-refractivity contribution in [3.63, 3.8) is 0 Å². The highest BCUT2D eigenvalue weighted by Gasteiger charge is 2.11. The molecule has 4 nitrogen and oxygen atoms in total. The van der Waals surface area contributed by atoms with Crippen molar-refractivity contribution in [2.45, 2.75) is 19.9 Å². The van der Waals surface area contributed by atoms with Gasteiger partial charge in [0.15, 0.2) is 0 Å². The maximum Gasteiger partial charge on any atom is 0.244 e. The van der Waals surface area contributed by atoms with Crippen molar-refractivity contribution in [1.29, 1.82) is 0 Å². The highest BCUT2D eigenvalue weighted by Crippen LogP contribution is 1.82. The summed E-state index contributed by atoms with van der Waals surface area (Å²) in [6.45, 7) is 3.37.